The number of carbonyl (C=O) groups excluding carboxylic acids is 1. The number of benzene rings is 2. The third kappa shape index (κ3) is 4.89. The van der Waals surface area contributed by atoms with Gasteiger partial charge in [-0.1, -0.05) is 42.1 Å². The van der Waals surface area contributed by atoms with Crippen molar-refractivity contribution < 1.29 is 18.0 Å². The van der Waals surface area contributed by atoms with Crippen molar-refractivity contribution in [2.45, 2.75) is 23.5 Å². The summed E-state index contributed by atoms with van der Waals surface area (Å²) in [5.41, 5.74) is 1.16. The van der Waals surface area contributed by atoms with Crippen molar-refractivity contribution in [2.75, 3.05) is 5.32 Å². The van der Waals surface area contributed by atoms with E-state index in [-0.39, 0.29) is 18.7 Å². The fraction of sp³-hybridized carbons (Fsp3) is 0.167. The topological polar surface area (TPSA) is 68.0 Å². The summed E-state index contributed by atoms with van der Waals surface area (Å²) in [6.45, 7) is 0. The highest BCUT2D eigenvalue weighted by atomic mass is 32.2. The minimum atomic E-state index is -2.55. The predicted molar refractivity (Wildman–Crippen MR) is 95.0 cm³/mol. The molecule has 0 unspecified atom stereocenters. The highest BCUT2D eigenvalue weighted by molar-refractivity contribution is 7.99. The molecule has 0 aliphatic heterocycles. The highest BCUT2D eigenvalue weighted by Crippen LogP contribution is 2.31. The molecule has 0 radical (unpaired) electrons. The number of rotatable bonds is 7. The van der Waals surface area contributed by atoms with E-state index in [9.17, 15) is 13.6 Å². The molecule has 134 valence electrons. The lowest BCUT2D eigenvalue weighted by Crippen LogP contribution is -2.13. The largest absolute Gasteiger partial charge is 0.421 e. The fourth-order valence-electron chi connectivity index (χ4n) is 2.25. The maximum absolute atomic E-state index is 12.6. The van der Waals surface area contributed by atoms with Crippen LogP contribution in [0.4, 0.5) is 14.5 Å². The van der Waals surface area contributed by atoms with Crippen LogP contribution in [0.2, 0.25) is 0 Å². The van der Waals surface area contributed by atoms with E-state index in [0.29, 0.717) is 34.1 Å². The van der Waals surface area contributed by atoms with Crippen molar-refractivity contribution in [1.82, 2.24) is 10.2 Å². The van der Waals surface area contributed by atoms with E-state index in [4.69, 9.17) is 4.42 Å². The number of hydrogen-bond acceptors (Lipinski definition) is 5. The van der Waals surface area contributed by atoms with Gasteiger partial charge in [0.25, 0.3) is 5.76 Å². The Morgan fingerprint density at radius 2 is 1.81 bits per heavy atom. The van der Waals surface area contributed by atoms with Crippen LogP contribution in [0.1, 0.15) is 12.3 Å². The minimum absolute atomic E-state index is 0.101. The first-order chi connectivity index (χ1) is 12.6. The number of halogens is 2. The number of alkyl halides is 2. The summed E-state index contributed by atoms with van der Waals surface area (Å²) >= 11 is 0.394. The fourth-order valence-corrected chi connectivity index (χ4v) is 2.85. The maximum Gasteiger partial charge on any atom is 0.288 e. The van der Waals surface area contributed by atoms with E-state index >= 15 is 0 Å². The molecule has 0 bridgehead atoms. The van der Waals surface area contributed by atoms with Crippen LogP contribution in [0, 0.1) is 0 Å². The van der Waals surface area contributed by atoms with Gasteiger partial charge in [-0.2, -0.15) is 8.78 Å². The van der Waals surface area contributed by atoms with Gasteiger partial charge in [0, 0.05) is 23.3 Å². The molecule has 0 aliphatic carbocycles. The molecule has 0 fully saturated rings. The van der Waals surface area contributed by atoms with Crippen molar-refractivity contribution in [1.29, 1.82) is 0 Å². The van der Waals surface area contributed by atoms with Gasteiger partial charge in [0.1, 0.15) is 0 Å². The Labute approximate surface area is 152 Å². The van der Waals surface area contributed by atoms with Crippen LogP contribution in [-0.2, 0) is 11.2 Å². The van der Waals surface area contributed by atoms with Gasteiger partial charge in [-0.05, 0) is 24.3 Å². The Hall–Kier alpha value is -2.74. The zero-order valence-corrected chi connectivity index (χ0v) is 14.4. The Balaban J connectivity index is 1.58. The minimum Gasteiger partial charge on any atom is -0.421 e. The van der Waals surface area contributed by atoms with E-state index in [1.54, 1.807) is 18.2 Å². The van der Waals surface area contributed by atoms with Gasteiger partial charge in [0.05, 0.1) is 5.69 Å². The second-order valence-corrected chi connectivity index (χ2v) is 6.32. The second kappa shape index (κ2) is 8.57. The van der Waals surface area contributed by atoms with Gasteiger partial charge < -0.3 is 9.73 Å². The number of nitrogens with one attached hydrogen (secondary N) is 1. The van der Waals surface area contributed by atoms with Gasteiger partial charge in [-0.3, -0.25) is 4.79 Å². The summed E-state index contributed by atoms with van der Waals surface area (Å²) in [4.78, 5) is 12.4. The van der Waals surface area contributed by atoms with Crippen LogP contribution in [-0.4, -0.2) is 21.9 Å². The summed E-state index contributed by atoms with van der Waals surface area (Å²) in [5.74, 6) is -2.14. The van der Waals surface area contributed by atoms with Crippen LogP contribution in [0.25, 0.3) is 11.5 Å². The molecule has 0 spiro atoms. The van der Waals surface area contributed by atoms with Gasteiger partial charge in [-0.15, -0.1) is 10.2 Å². The molecule has 1 N–H and O–H groups in total. The molecule has 0 atom stereocenters. The van der Waals surface area contributed by atoms with Gasteiger partial charge in [-0.25, -0.2) is 0 Å². The van der Waals surface area contributed by atoms with Gasteiger partial charge in [0.2, 0.25) is 17.7 Å². The number of amides is 1. The first-order valence-corrected chi connectivity index (χ1v) is 8.71. The lowest BCUT2D eigenvalue weighted by molar-refractivity contribution is -0.116. The number of hydrogen-bond donors (Lipinski definition) is 1. The van der Waals surface area contributed by atoms with Crippen LogP contribution >= 0.6 is 11.8 Å². The third-order valence-corrected chi connectivity index (χ3v) is 4.22. The Kier molecular flexibility index (Phi) is 5.96. The van der Waals surface area contributed by atoms with E-state index < -0.39 is 5.76 Å². The summed E-state index contributed by atoms with van der Waals surface area (Å²) in [6, 6.07) is 15.8. The Morgan fingerprint density at radius 3 is 2.58 bits per heavy atom. The number of nitrogens with zero attached hydrogens (tertiary/aromatic N) is 2. The molecule has 0 saturated heterocycles. The number of thioether (sulfide) groups is 1. The average Bonchev–Trinajstić information content (AvgIpc) is 3.11. The van der Waals surface area contributed by atoms with E-state index in [2.05, 4.69) is 15.5 Å². The molecule has 1 heterocycles. The van der Waals surface area contributed by atoms with Gasteiger partial charge >= 0.3 is 0 Å². The smallest absolute Gasteiger partial charge is 0.288 e. The first-order valence-electron chi connectivity index (χ1n) is 7.83. The van der Waals surface area contributed by atoms with E-state index in [0.717, 1.165) is 5.56 Å². The molecular weight excluding hydrogens is 360 g/mol. The Bertz CT molecular complexity index is 872. The van der Waals surface area contributed by atoms with Crippen molar-refractivity contribution in [3.63, 3.8) is 0 Å². The van der Waals surface area contributed by atoms with Crippen molar-refractivity contribution in [3.05, 3.63) is 60.5 Å². The van der Waals surface area contributed by atoms with E-state index in [1.165, 1.54) is 6.07 Å². The molecule has 8 heteroatoms. The van der Waals surface area contributed by atoms with Crippen molar-refractivity contribution in [2.24, 2.45) is 0 Å². The average molecular weight is 375 g/mol. The summed E-state index contributed by atoms with van der Waals surface area (Å²) in [6.07, 6.45) is 0.361. The number of aryl methyl sites for hydroxylation is 1. The lowest BCUT2D eigenvalue weighted by Gasteiger charge is -2.09. The van der Waals surface area contributed by atoms with Crippen molar-refractivity contribution in [3.8, 4) is 11.5 Å². The van der Waals surface area contributed by atoms with Crippen LogP contribution in [0.5, 0.6) is 0 Å². The highest BCUT2D eigenvalue weighted by Gasteiger charge is 2.13. The number of para-hydroxylation sites is 1. The standard InChI is InChI=1S/C18H15F2N3O2S/c19-18(20)26-14-9-5-4-8-13(14)21-15(24)10-11-16-22-23-17(25-16)12-6-2-1-3-7-12/h1-9,18H,10-11H2,(H,21,24). The molecular formula is C18H15F2N3O2S. The normalized spacial score (nSPS) is 10.9. The molecule has 3 aromatic rings. The Morgan fingerprint density at radius 1 is 1.08 bits per heavy atom. The van der Waals surface area contributed by atoms with Crippen LogP contribution < -0.4 is 5.32 Å². The lowest BCUT2D eigenvalue weighted by atomic mass is 10.2. The summed E-state index contributed by atoms with van der Waals surface area (Å²) in [5, 5.41) is 10.5. The van der Waals surface area contributed by atoms with Gasteiger partial charge in [0.15, 0.2) is 0 Å². The molecule has 3 rings (SSSR count). The SMILES string of the molecule is O=C(CCc1nnc(-c2ccccc2)o1)Nc1ccccc1SC(F)F. The second-order valence-electron chi connectivity index (χ2n) is 5.29. The molecule has 5 nitrogen and oxygen atoms in total. The van der Waals surface area contributed by atoms with Crippen LogP contribution in [0.15, 0.2) is 63.9 Å². The molecule has 26 heavy (non-hydrogen) atoms. The number of aromatic nitrogens is 2. The third-order valence-electron chi connectivity index (χ3n) is 3.43. The molecule has 0 aliphatic rings. The maximum atomic E-state index is 12.6. The van der Waals surface area contributed by atoms with Crippen molar-refractivity contribution >= 4 is 23.4 Å². The van der Waals surface area contributed by atoms with E-state index in [1.807, 2.05) is 30.3 Å². The predicted octanol–water partition coefficient (Wildman–Crippen LogP) is 4.62. The zero-order chi connectivity index (χ0) is 18.4. The molecule has 0 saturated carbocycles. The monoisotopic (exact) mass is 375 g/mol. The molecule has 1 aromatic heterocycles. The summed E-state index contributed by atoms with van der Waals surface area (Å²) in [7, 11) is 0. The van der Waals surface area contributed by atoms with Crippen LogP contribution in [0.3, 0.4) is 0 Å². The first kappa shape index (κ1) is 18.1. The molecule has 1 amide bonds. The number of anilines is 1. The quantitative estimate of drug-likeness (QED) is 0.610. The number of carbonyl (C=O) groups is 1. The molecule has 2 aromatic carbocycles. The zero-order valence-electron chi connectivity index (χ0n) is 13.6. The summed E-state index contributed by atoms with van der Waals surface area (Å²) < 4.78 is 30.7.